The fraction of sp³-hybridized carbons (Fsp3) is 0.407. The number of nitrogens with one attached hydrogen (secondary N) is 1. The molecule has 2 aromatic heterocycles. The second-order valence-electron chi connectivity index (χ2n) is 10.2. The van der Waals surface area contributed by atoms with E-state index in [9.17, 15) is 9.59 Å². The number of alkyl carbamates (subject to hydrolysis) is 1. The molecule has 0 bridgehead atoms. The Morgan fingerprint density at radius 1 is 1.14 bits per heavy atom. The summed E-state index contributed by atoms with van der Waals surface area (Å²) in [5.41, 5.74) is 5.43. The van der Waals surface area contributed by atoms with Crippen molar-refractivity contribution < 1.29 is 9.53 Å². The molecule has 1 aliphatic rings. The first-order valence-corrected chi connectivity index (χ1v) is 12.6. The maximum atomic E-state index is 13.7. The number of aromatic nitrogens is 3. The minimum atomic E-state index is -1.38. The lowest BCUT2D eigenvalue weighted by Crippen LogP contribution is -2.61. The highest BCUT2D eigenvalue weighted by Gasteiger charge is 2.47. The number of nitrogens with zero attached hydrogens (tertiary/aromatic N) is 3. The van der Waals surface area contributed by atoms with E-state index in [-0.39, 0.29) is 11.6 Å². The number of carbonyl (C=O) groups is 1. The number of hydrogen-bond donors (Lipinski definition) is 2. The van der Waals surface area contributed by atoms with Crippen molar-refractivity contribution in [3.63, 3.8) is 0 Å². The van der Waals surface area contributed by atoms with Gasteiger partial charge in [-0.1, -0.05) is 43.0 Å². The van der Waals surface area contributed by atoms with Gasteiger partial charge in [0.1, 0.15) is 11.3 Å². The molecule has 9 heteroatoms. The third-order valence-corrected chi connectivity index (χ3v) is 6.62. The van der Waals surface area contributed by atoms with Crippen molar-refractivity contribution in [2.24, 2.45) is 5.92 Å². The van der Waals surface area contributed by atoms with Crippen LogP contribution in [0.4, 0.5) is 10.5 Å². The number of rotatable bonds is 5. The van der Waals surface area contributed by atoms with E-state index in [1.54, 1.807) is 57.4 Å². The number of amides is 1. The molecule has 3 aromatic rings. The summed E-state index contributed by atoms with van der Waals surface area (Å²) >= 11 is 6.43. The van der Waals surface area contributed by atoms with Crippen molar-refractivity contribution in [2.45, 2.75) is 64.1 Å². The van der Waals surface area contributed by atoms with E-state index in [1.165, 1.54) is 10.7 Å². The van der Waals surface area contributed by atoms with Crippen molar-refractivity contribution in [1.29, 1.82) is 0 Å². The van der Waals surface area contributed by atoms with Crippen LogP contribution in [0.2, 0.25) is 5.02 Å². The summed E-state index contributed by atoms with van der Waals surface area (Å²) in [7, 11) is 0. The van der Waals surface area contributed by atoms with Crippen LogP contribution in [0.5, 0.6) is 0 Å². The maximum absolute atomic E-state index is 13.7. The molecular formula is C27H32ClN5O3. The number of hydrogen-bond acceptors (Lipinski definition) is 6. The Bertz CT molecular complexity index is 1280. The summed E-state index contributed by atoms with van der Waals surface area (Å²) in [4.78, 5) is 31.2. The lowest BCUT2D eigenvalue weighted by atomic mass is 9.76. The number of ether oxygens (including phenoxy) is 1. The van der Waals surface area contributed by atoms with Crippen molar-refractivity contribution >= 4 is 23.4 Å². The Kier molecular flexibility index (Phi) is 7.36. The van der Waals surface area contributed by atoms with Gasteiger partial charge in [-0.25, -0.2) is 4.79 Å². The molecule has 190 valence electrons. The predicted octanol–water partition coefficient (Wildman–Crippen LogP) is 5.35. The van der Waals surface area contributed by atoms with Crippen LogP contribution in [-0.2, 0) is 10.4 Å². The van der Waals surface area contributed by atoms with Gasteiger partial charge >= 0.3 is 6.09 Å². The number of nitrogen functional groups attached to an aromatic ring is 1. The zero-order valence-corrected chi connectivity index (χ0v) is 21.6. The average molecular weight is 510 g/mol. The van der Waals surface area contributed by atoms with Gasteiger partial charge < -0.3 is 10.5 Å². The Hall–Kier alpha value is -3.39. The third kappa shape index (κ3) is 5.38. The van der Waals surface area contributed by atoms with Crippen molar-refractivity contribution in [2.75, 3.05) is 5.73 Å². The molecule has 1 aromatic carbocycles. The fourth-order valence-electron chi connectivity index (χ4n) is 4.87. The molecule has 1 amide bonds. The Balaban J connectivity index is 2.02. The Morgan fingerprint density at radius 3 is 2.53 bits per heavy atom. The molecule has 0 spiro atoms. The second kappa shape index (κ2) is 10.3. The molecular weight excluding hydrogens is 478 g/mol. The van der Waals surface area contributed by atoms with Crippen LogP contribution in [-0.4, -0.2) is 26.5 Å². The van der Waals surface area contributed by atoms with Gasteiger partial charge in [-0.3, -0.25) is 15.1 Å². The van der Waals surface area contributed by atoms with Crippen LogP contribution < -0.4 is 16.6 Å². The summed E-state index contributed by atoms with van der Waals surface area (Å²) in [6.45, 7) is 5.37. The number of halogens is 1. The van der Waals surface area contributed by atoms with Gasteiger partial charge in [0.05, 0.1) is 5.69 Å². The van der Waals surface area contributed by atoms with E-state index in [1.807, 2.05) is 12.1 Å². The topological polar surface area (TPSA) is 112 Å². The van der Waals surface area contributed by atoms with Crippen LogP contribution in [0, 0.1) is 5.92 Å². The predicted molar refractivity (Wildman–Crippen MR) is 141 cm³/mol. The van der Waals surface area contributed by atoms with Crippen molar-refractivity contribution in [1.82, 2.24) is 20.1 Å². The smallest absolute Gasteiger partial charge is 0.409 e. The quantitative estimate of drug-likeness (QED) is 0.479. The van der Waals surface area contributed by atoms with Gasteiger partial charge in [-0.05, 0) is 63.9 Å². The molecule has 8 nitrogen and oxygen atoms in total. The number of pyridine rings is 1. The van der Waals surface area contributed by atoms with E-state index in [4.69, 9.17) is 27.2 Å². The molecule has 1 aliphatic carbocycles. The molecule has 0 saturated heterocycles. The zero-order valence-electron chi connectivity index (χ0n) is 20.8. The number of carbonyl (C=O) groups excluding carboxylic acids is 1. The molecule has 1 unspecified atom stereocenters. The van der Waals surface area contributed by atoms with Crippen LogP contribution in [0.3, 0.4) is 0 Å². The highest BCUT2D eigenvalue weighted by molar-refractivity contribution is 6.30. The monoisotopic (exact) mass is 509 g/mol. The third-order valence-electron chi connectivity index (χ3n) is 6.38. The standard InChI is InChI=1S/C27H32ClN5O3/c1-26(2,3)36-25(35)31-27(19-10-5-4-6-11-19,20-12-7-13-21(28)15-20)33-24(34)22(29)16-23(32-33)18-9-8-14-30-17-18/h7-9,12-17,19H,4-6,10-11,29H2,1-3H3,(H,31,35). The minimum absolute atomic E-state index is 0.0112. The highest BCUT2D eigenvalue weighted by Crippen LogP contribution is 2.41. The normalized spacial score (nSPS) is 16.2. The van der Waals surface area contributed by atoms with Gasteiger partial charge in [0.15, 0.2) is 5.66 Å². The molecule has 1 saturated carbocycles. The lowest BCUT2D eigenvalue weighted by molar-refractivity contribution is 0.0281. The first-order valence-electron chi connectivity index (χ1n) is 12.2. The van der Waals surface area contributed by atoms with Crippen molar-refractivity contribution in [3.05, 3.63) is 75.8 Å². The molecule has 1 fully saturated rings. The lowest BCUT2D eigenvalue weighted by Gasteiger charge is -2.44. The summed E-state index contributed by atoms with van der Waals surface area (Å²) in [5.74, 6) is -0.161. The number of anilines is 1. The van der Waals surface area contributed by atoms with Crippen LogP contribution >= 0.6 is 11.6 Å². The highest BCUT2D eigenvalue weighted by atomic mass is 35.5. The molecule has 2 heterocycles. The first kappa shape index (κ1) is 25.7. The largest absolute Gasteiger partial charge is 0.444 e. The van der Waals surface area contributed by atoms with E-state index in [0.717, 1.165) is 32.1 Å². The number of nitrogens with two attached hydrogens (primary N) is 1. The summed E-state index contributed by atoms with van der Waals surface area (Å²) < 4.78 is 6.99. The average Bonchev–Trinajstić information content (AvgIpc) is 2.84. The van der Waals surface area contributed by atoms with Gasteiger partial charge in [-0.2, -0.15) is 9.78 Å². The van der Waals surface area contributed by atoms with Gasteiger partial charge in [0.2, 0.25) is 0 Å². The van der Waals surface area contributed by atoms with Crippen LogP contribution in [0.15, 0.2) is 59.7 Å². The summed E-state index contributed by atoms with van der Waals surface area (Å²) in [6.07, 6.45) is 7.18. The molecule has 4 rings (SSSR count). The molecule has 1 atom stereocenters. The first-order chi connectivity index (χ1) is 17.1. The van der Waals surface area contributed by atoms with E-state index < -0.39 is 22.9 Å². The molecule has 3 N–H and O–H groups in total. The minimum Gasteiger partial charge on any atom is -0.444 e. The van der Waals surface area contributed by atoms with Gasteiger partial charge in [-0.15, -0.1) is 0 Å². The molecule has 0 aliphatic heterocycles. The molecule has 0 radical (unpaired) electrons. The van der Waals surface area contributed by atoms with E-state index in [0.29, 0.717) is 21.8 Å². The van der Waals surface area contributed by atoms with E-state index >= 15 is 0 Å². The zero-order chi connectivity index (χ0) is 25.9. The van der Waals surface area contributed by atoms with Crippen LogP contribution in [0.1, 0.15) is 58.4 Å². The van der Waals surface area contributed by atoms with Crippen LogP contribution in [0.25, 0.3) is 11.3 Å². The Labute approximate surface area is 215 Å². The van der Waals surface area contributed by atoms with Gasteiger partial charge in [0, 0.05) is 34.5 Å². The fourth-order valence-corrected chi connectivity index (χ4v) is 5.06. The molecule has 36 heavy (non-hydrogen) atoms. The Morgan fingerprint density at radius 2 is 1.89 bits per heavy atom. The SMILES string of the molecule is CC(C)(C)OC(=O)NC(c1cccc(Cl)c1)(C1CCCCC1)n1nc(-c2cccnc2)cc(N)c1=O. The van der Waals surface area contributed by atoms with Crippen molar-refractivity contribution in [3.8, 4) is 11.3 Å². The number of benzene rings is 1. The van der Waals surface area contributed by atoms with Gasteiger partial charge in [0.25, 0.3) is 5.56 Å². The summed E-state index contributed by atoms with van der Waals surface area (Å²) in [6, 6.07) is 12.3. The van der Waals surface area contributed by atoms with E-state index in [2.05, 4.69) is 10.3 Å². The maximum Gasteiger partial charge on any atom is 0.409 e. The second-order valence-corrected chi connectivity index (χ2v) is 10.6. The summed E-state index contributed by atoms with van der Waals surface area (Å²) in [5, 5.41) is 8.33.